The van der Waals surface area contributed by atoms with Crippen molar-refractivity contribution in [2.75, 3.05) is 6.61 Å². The molecule has 7 heteroatoms. The van der Waals surface area contributed by atoms with Crippen LogP contribution in [0.3, 0.4) is 0 Å². The van der Waals surface area contributed by atoms with E-state index in [0.29, 0.717) is 19.0 Å². The van der Waals surface area contributed by atoms with Crippen molar-refractivity contribution in [1.82, 2.24) is 19.7 Å². The number of carbonyl (C=O) groups is 1. The summed E-state index contributed by atoms with van der Waals surface area (Å²) in [5, 5.41) is 10.7. The monoisotopic (exact) mass is 266 g/mol. The van der Waals surface area contributed by atoms with Crippen LogP contribution in [-0.4, -0.2) is 32.3 Å². The van der Waals surface area contributed by atoms with Crippen LogP contribution in [0.4, 0.5) is 0 Å². The molecule has 0 radical (unpaired) electrons. The molecule has 2 aromatic rings. The zero-order valence-corrected chi connectivity index (χ0v) is 11.3. The summed E-state index contributed by atoms with van der Waals surface area (Å²) in [6, 6.07) is 0. The van der Waals surface area contributed by atoms with Crippen LogP contribution in [0.5, 0.6) is 0 Å². The van der Waals surface area contributed by atoms with Gasteiger partial charge in [-0.15, -0.1) is 21.5 Å². The molecule has 6 nitrogen and oxygen atoms in total. The normalized spacial score (nSPS) is 10.6. The molecule has 0 amide bonds. The molecule has 0 spiro atoms. The first-order chi connectivity index (χ1) is 8.61. The number of ether oxygens (including phenoxy) is 1. The summed E-state index contributed by atoms with van der Waals surface area (Å²) in [5.41, 5.74) is 0.894. The zero-order chi connectivity index (χ0) is 13.1. The summed E-state index contributed by atoms with van der Waals surface area (Å²) in [6.45, 7) is 6.31. The molecule has 0 aromatic carbocycles. The number of rotatable bonds is 4. The standard InChI is InChI=1S/C11H14N4O2S/c1-4-17-11(16)10-14-13-7(2)15(10)5-9-6-18-8(3)12-9/h6H,4-5H2,1-3H3. The second-order valence-corrected chi connectivity index (χ2v) is 4.80. The lowest BCUT2D eigenvalue weighted by molar-refractivity contribution is 0.0506. The molecule has 0 unspecified atom stereocenters. The predicted molar refractivity (Wildman–Crippen MR) is 66.7 cm³/mol. The van der Waals surface area contributed by atoms with E-state index < -0.39 is 5.97 Å². The fourth-order valence-corrected chi connectivity index (χ4v) is 2.16. The molecule has 0 fully saturated rings. The highest BCUT2D eigenvalue weighted by Crippen LogP contribution is 2.12. The van der Waals surface area contributed by atoms with E-state index in [-0.39, 0.29) is 5.82 Å². The Kier molecular flexibility index (Phi) is 3.71. The van der Waals surface area contributed by atoms with E-state index in [1.165, 1.54) is 0 Å². The third kappa shape index (κ3) is 2.56. The Morgan fingerprint density at radius 3 is 2.83 bits per heavy atom. The second kappa shape index (κ2) is 5.26. The third-order valence-corrected chi connectivity index (χ3v) is 3.20. The molecule has 2 heterocycles. The van der Waals surface area contributed by atoms with Crippen LogP contribution < -0.4 is 0 Å². The van der Waals surface area contributed by atoms with Gasteiger partial charge in [0.2, 0.25) is 5.82 Å². The number of nitrogens with zero attached hydrogens (tertiary/aromatic N) is 4. The van der Waals surface area contributed by atoms with Crippen molar-refractivity contribution < 1.29 is 9.53 Å². The minimum absolute atomic E-state index is 0.222. The Morgan fingerprint density at radius 2 is 2.22 bits per heavy atom. The first-order valence-electron chi connectivity index (χ1n) is 5.59. The molecule has 0 aliphatic heterocycles. The Labute approximate surface area is 109 Å². The summed E-state index contributed by atoms with van der Waals surface area (Å²) in [5.74, 6) is 0.439. The molecule has 0 atom stereocenters. The number of carbonyl (C=O) groups excluding carboxylic acids is 1. The van der Waals surface area contributed by atoms with Crippen LogP contribution in [0.1, 0.15) is 34.1 Å². The number of hydrogen-bond donors (Lipinski definition) is 0. The summed E-state index contributed by atoms with van der Waals surface area (Å²) < 4.78 is 6.66. The van der Waals surface area contributed by atoms with Crippen LogP contribution in [0.15, 0.2) is 5.38 Å². The van der Waals surface area contributed by atoms with Gasteiger partial charge in [0.05, 0.1) is 23.9 Å². The van der Waals surface area contributed by atoms with Crippen molar-refractivity contribution >= 4 is 17.3 Å². The molecule has 2 aromatic heterocycles. The van der Waals surface area contributed by atoms with Gasteiger partial charge in [0.15, 0.2) is 0 Å². The molecule has 96 valence electrons. The average Bonchev–Trinajstić information content (AvgIpc) is 2.88. The molecule has 0 aliphatic carbocycles. The van der Waals surface area contributed by atoms with E-state index >= 15 is 0 Å². The van der Waals surface area contributed by atoms with Gasteiger partial charge in [-0.3, -0.25) is 4.57 Å². The van der Waals surface area contributed by atoms with Crippen molar-refractivity contribution in [3.05, 3.63) is 27.7 Å². The lowest BCUT2D eigenvalue weighted by Crippen LogP contribution is -2.15. The quantitative estimate of drug-likeness (QED) is 0.786. The van der Waals surface area contributed by atoms with Crippen LogP contribution in [0.2, 0.25) is 0 Å². The smallest absolute Gasteiger partial charge is 0.376 e. The van der Waals surface area contributed by atoms with Crippen LogP contribution >= 0.6 is 11.3 Å². The average molecular weight is 266 g/mol. The molecule has 18 heavy (non-hydrogen) atoms. The Morgan fingerprint density at radius 1 is 1.44 bits per heavy atom. The van der Waals surface area contributed by atoms with Gasteiger partial charge in [-0.2, -0.15) is 0 Å². The van der Waals surface area contributed by atoms with Crippen LogP contribution in [0, 0.1) is 13.8 Å². The largest absolute Gasteiger partial charge is 0.460 e. The van der Waals surface area contributed by atoms with Gasteiger partial charge in [-0.1, -0.05) is 0 Å². The van der Waals surface area contributed by atoms with Gasteiger partial charge in [0.25, 0.3) is 0 Å². The number of hydrogen-bond acceptors (Lipinski definition) is 6. The maximum atomic E-state index is 11.7. The first kappa shape index (κ1) is 12.7. The Hall–Kier alpha value is -1.76. The van der Waals surface area contributed by atoms with Crippen LogP contribution in [-0.2, 0) is 11.3 Å². The minimum atomic E-state index is -0.454. The summed E-state index contributed by atoms with van der Waals surface area (Å²) in [7, 11) is 0. The van der Waals surface area contributed by atoms with Crippen molar-refractivity contribution in [2.24, 2.45) is 0 Å². The molecule has 0 bridgehead atoms. The molecule has 0 saturated heterocycles. The van der Waals surface area contributed by atoms with Gasteiger partial charge in [0, 0.05) is 5.38 Å². The highest BCUT2D eigenvalue weighted by Gasteiger charge is 2.18. The Balaban J connectivity index is 2.26. The summed E-state index contributed by atoms with van der Waals surface area (Å²) in [6.07, 6.45) is 0. The van der Waals surface area contributed by atoms with E-state index in [9.17, 15) is 4.79 Å². The second-order valence-electron chi connectivity index (χ2n) is 3.74. The summed E-state index contributed by atoms with van der Waals surface area (Å²) >= 11 is 1.58. The lowest BCUT2D eigenvalue weighted by atomic mass is 10.4. The number of thiazole rings is 1. The van der Waals surface area contributed by atoms with Crippen molar-refractivity contribution in [3.8, 4) is 0 Å². The lowest BCUT2D eigenvalue weighted by Gasteiger charge is -2.05. The highest BCUT2D eigenvalue weighted by atomic mass is 32.1. The topological polar surface area (TPSA) is 69.9 Å². The van der Waals surface area contributed by atoms with Gasteiger partial charge in [-0.05, 0) is 20.8 Å². The molecular formula is C11H14N4O2S. The van der Waals surface area contributed by atoms with E-state index in [2.05, 4.69) is 15.2 Å². The van der Waals surface area contributed by atoms with Crippen LogP contribution in [0.25, 0.3) is 0 Å². The molecule has 0 saturated carbocycles. The van der Waals surface area contributed by atoms with Crippen molar-refractivity contribution in [3.63, 3.8) is 0 Å². The number of aromatic nitrogens is 4. The first-order valence-corrected chi connectivity index (χ1v) is 6.47. The van der Waals surface area contributed by atoms with Crippen molar-refractivity contribution in [1.29, 1.82) is 0 Å². The number of aryl methyl sites for hydroxylation is 2. The maximum Gasteiger partial charge on any atom is 0.376 e. The molecule has 0 N–H and O–H groups in total. The van der Waals surface area contributed by atoms with Gasteiger partial charge < -0.3 is 4.74 Å². The summed E-state index contributed by atoms with van der Waals surface area (Å²) in [4.78, 5) is 16.1. The third-order valence-electron chi connectivity index (χ3n) is 2.38. The molecular weight excluding hydrogens is 252 g/mol. The maximum absolute atomic E-state index is 11.7. The zero-order valence-electron chi connectivity index (χ0n) is 10.5. The molecule has 2 rings (SSSR count). The molecule has 0 aliphatic rings. The fourth-order valence-electron chi connectivity index (χ4n) is 1.56. The predicted octanol–water partition coefficient (Wildman–Crippen LogP) is 1.58. The fraction of sp³-hybridized carbons (Fsp3) is 0.455. The number of esters is 1. The van der Waals surface area contributed by atoms with E-state index in [1.54, 1.807) is 29.8 Å². The van der Waals surface area contributed by atoms with E-state index in [0.717, 1.165) is 10.7 Å². The minimum Gasteiger partial charge on any atom is -0.460 e. The van der Waals surface area contributed by atoms with Gasteiger partial charge in [0.1, 0.15) is 5.82 Å². The van der Waals surface area contributed by atoms with E-state index in [1.807, 2.05) is 12.3 Å². The van der Waals surface area contributed by atoms with Gasteiger partial charge >= 0.3 is 5.97 Å². The van der Waals surface area contributed by atoms with E-state index in [4.69, 9.17) is 4.74 Å². The van der Waals surface area contributed by atoms with Gasteiger partial charge in [-0.25, -0.2) is 9.78 Å². The Bertz CT molecular complexity index is 561. The SMILES string of the molecule is CCOC(=O)c1nnc(C)n1Cc1csc(C)n1. The highest BCUT2D eigenvalue weighted by molar-refractivity contribution is 7.09. The van der Waals surface area contributed by atoms with Crippen molar-refractivity contribution in [2.45, 2.75) is 27.3 Å².